The van der Waals surface area contributed by atoms with Gasteiger partial charge in [0.1, 0.15) is 21.6 Å². The van der Waals surface area contributed by atoms with Crippen LogP contribution in [0.25, 0.3) is 0 Å². The highest BCUT2D eigenvalue weighted by molar-refractivity contribution is 7.17. The monoisotopic (exact) mass is 293 g/mol. The van der Waals surface area contributed by atoms with Gasteiger partial charge in [0.15, 0.2) is 5.75 Å². The summed E-state index contributed by atoms with van der Waals surface area (Å²) in [6.45, 7) is 8.27. The minimum atomic E-state index is 0.0592. The van der Waals surface area contributed by atoms with Gasteiger partial charge in [-0.1, -0.05) is 13.3 Å². The van der Waals surface area contributed by atoms with Crippen LogP contribution >= 0.6 is 11.3 Å². The van der Waals surface area contributed by atoms with Crippen LogP contribution in [0.5, 0.6) is 5.75 Å². The molecule has 1 aliphatic rings. The first kappa shape index (κ1) is 15.0. The molecule has 0 bridgehead atoms. The molecule has 1 atom stereocenters. The molecule has 0 aromatic carbocycles. The van der Waals surface area contributed by atoms with Crippen LogP contribution in [0.2, 0.25) is 0 Å². The minimum absolute atomic E-state index is 0.0592. The van der Waals surface area contributed by atoms with Crippen molar-refractivity contribution in [2.24, 2.45) is 5.92 Å². The predicted octanol–water partition coefficient (Wildman–Crippen LogP) is 3.62. The fourth-order valence-corrected chi connectivity index (χ4v) is 3.63. The van der Waals surface area contributed by atoms with Gasteiger partial charge in [0.25, 0.3) is 0 Å². The molecule has 0 spiro atoms. The van der Waals surface area contributed by atoms with Gasteiger partial charge in [-0.05, 0) is 32.6 Å². The highest BCUT2D eigenvalue weighted by Gasteiger charge is 2.26. The Morgan fingerprint density at radius 1 is 1.55 bits per heavy atom. The van der Waals surface area contributed by atoms with E-state index in [2.05, 4.69) is 17.9 Å². The van der Waals surface area contributed by atoms with Crippen molar-refractivity contribution in [2.45, 2.75) is 46.1 Å². The maximum absolute atomic E-state index is 9.19. The lowest BCUT2D eigenvalue weighted by Gasteiger charge is -2.33. The summed E-state index contributed by atoms with van der Waals surface area (Å²) in [7, 11) is 0. The summed E-state index contributed by atoms with van der Waals surface area (Å²) in [5.41, 5.74) is 6.57. The summed E-state index contributed by atoms with van der Waals surface area (Å²) in [6, 6.07) is 2.18. The summed E-state index contributed by atoms with van der Waals surface area (Å²) in [5, 5.41) is 10.2. The van der Waals surface area contributed by atoms with Crippen molar-refractivity contribution in [2.75, 3.05) is 23.7 Å². The standard InChI is InChI=1S/C15H23N3OS/c1-4-11-6-5-7-18(9-11)15-14(19-10(2)3)13(17)12(8-16)20-15/h10-11H,4-7,9,17H2,1-3H3. The number of hydrogen-bond acceptors (Lipinski definition) is 5. The van der Waals surface area contributed by atoms with E-state index in [1.807, 2.05) is 13.8 Å². The fourth-order valence-electron chi connectivity index (χ4n) is 2.64. The summed E-state index contributed by atoms with van der Waals surface area (Å²) >= 11 is 1.46. The zero-order valence-electron chi connectivity index (χ0n) is 12.5. The van der Waals surface area contributed by atoms with Gasteiger partial charge in [0, 0.05) is 13.1 Å². The van der Waals surface area contributed by atoms with E-state index in [1.54, 1.807) is 0 Å². The largest absolute Gasteiger partial charge is 0.486 e. The van der Waals surface area contributed by atoms with E-state index in [1.165, 1.54) is 30.6 Å². The molecule has 4 nitrogen and oxygen atoms in total. The molecular formula is C15H23N3OS. The lowest BCUT2D eigenvalue weighted by atomic mass is 9.96. The van der Waals surface area contributed by atoms with Gasteiger partial charge >= 0.3 is 0 Å². The molecule has 5 heteroatoms. The highest BCUT2D eigenvalue weighted by atomic mass is 32.1. The Kier molecular flexibility index (Phi) is 4.77. The SMILES string of the molecule is CCC1CCCN(c2sc(C#N)c(N)c2OC(C)C)C1. The van der Waals surface area contributed by atoms with Gasteiger partial charge in [-0.3, -0.25) is 0 Å². The predicted molar refractivity (Wildman–Crippen MR) is 84.4 cm³/mol. The van der Waals surface area contributed by atoms with E-state index >= 15 is 0 Å². The molecule has 2 N–H and O–H groups in total. The summed E-state index contributed by atoms with van der Waals surface area (Å²) in [6.07, 6.45) is 3.74. The van der Waals surface area contributed by atoms with Gasteiger partial charge in [0.2, 0.25) is 0 Å². The van der Waals surface area contributed by atoms with Gasteiger partial charge < -0.3 is 15.4 Å². The van der Waals surface area contributed by atoms with Crippen molar-refractivity contribution in [3.8, 4) is 11.8 Å². The second-order valence-corrected chi connectivity index (χ2v) is 6.62. The number of thiophene rings is 1. The van der Waals surface area contributed by atoms with E-state index < -0.39 is 0 Å². The minimum Gasteiger partial charge on any atom is -0.486 e. The van der Waals surface area contributed by atoms with Crippen molar-refractivity contribution < 1.29 is 4.74 Å². The average Bonchev–Trinajstić information content (AvgIpc) is 2.75. The first-order valence-electron chi connectivity index (χ1n) is 7.30. The summed E-state index contributed by atoms with van der Waals surface area (Å²) in [4.78, 5) is 2.91. The van der Waals surface area contributed by atoms with Crippen LogP contribution in [0.15, 0.2) is 0 Å². The van der Waals surface area contributed by atoms with Crippen molar-refractivity contribution in [1.82, 2.24) is 0 Å². The molecule has 1 aromatic heterocycles. The Labute approximate surface area is 125 Å². The Bertz CT molecular complexity index is 504. The third kappa shape index (κ3) is 3.01. The number of nitrogens with two attached hydrogens (primary N) is 1. The lowest BCUT2D eigenvalue weighted by Crippen LogP contribution is -2.35. The van der Waals surface area contributed by atoms with E-state index in [9.17, 15) is 5.26 Å². The molecule has 1 aromatic rings. The number of nitrogen functional groups attached to an aromatic ring is 1. The molecule has 2 heterocycles. The molecule has 1 fully saturated rings. The van der Waals surface area contributed by atoms with Crippen LogP contribution < -0.4 is 15.4 Å². The fraction of sp³-hybridized carbons (Fsp3) is 0.667. The number of hydrogen-bond donors (Lipinski definition) is 1. The first-order chi connectivity index (χ1) is 9.56. The zero-order valence-corrected chi connectivity index (χ0v) is 13.3. The quantitative estimate of drug-likeness (QED) is 0.921. The maximum atomic E-state index is 9.19. The highest BCUT2D eigenvalue weighted by Crippen LogP contribution is 2.46. The molecule has 0 amide bonds. The number of ether oxygens (including phenoxy) is 1. The third-order valence-electron chi connectivity index (χ3n) is 3.72. The molecule has 1 aliphatic heterocycles. The Balaban J connectivity index is 2.32. The van der Waals surface area contributed by atoms with Crippen molar-refractivity contribution in [3.63, 3.8) is 0 Å². The van der Waals surface area contributed by atoms with Gasteiger partial charge in [-0.2, -0.15) is 5.26 Å². The van der Waals surface area contributed by atoms with Crippen LogP contribution in [0.3, 0.4) is 0 Å². The smallest absolute Gasteiger partial charge is 0.178 e. The third-order valence-corrected chi connectivity index (χ3v) is 4.87. The number of anilines is 2. The zero-order chi connectivity index (χ0) is 14.7. The molecule has 0 saturated carbocycles. The molecule has 20 heavy (non-hydrogen) atoms. The first-order valence-corrected chi connectivity index (χ1v) is 8.12. The molecular weight excluding hydrogens is 270 g/mol. The van der Waals surface area contributed by atoms with Crippen LogP contribution in [-0.2, 0) is 0 Å². The average molecular weight is 293 g/mol. The number of rotatable bonds is 4. The number of nitriles is 1. The van der Waals surface area contributed by atoms with Crippen molar-refractivity contribution >= 4 is 22.0 Å². The van der Waals surface area contributed by atoms with Crippen molar-refractivity contribution in [3.05, 3.63) is 4.88 Å². The van der Waals surface area contributed by atoms with E-state index in [0.717, 1.165) is 24.0 Å². The topological polar surface area (TPSA) is 62.3 Å². The van der Waals surface area contributed by atoms with Crippen LogP contribution in [-0.4, -0.2) is 19.2 Å². The van der Waals surface area contributed by atoms with E-state index in [-0.39, 0.29) is 6.10 Å². The number of piperidine rings is 1. The van der Waals surface area contributed by atoms with Crippen LogP contribution in [0.1, 0.15) is 44.9 Å². The normalized spacial score (nSPS) is 19.1. The second kappa shape index (κ2) is 6.36. The Morgan fingerprint density at radius 3 is 2.90 bits per heavy atom. The maximum Gasteiger partial charge on any atom is 0.178 e. The molecule has 110 valence electrons. The second-order valence-electron chi connectivity index (χ2n) is 5.62. The molecule has 1 unspecified atom stereocenters. The van der Waals surface area contributed by atoms with E-state index in [0.29, 0.717) is 16.3 Å². The van der Waals surface area contributed by atoms with Crippen LogP contribution in [0, 0.1) is 17.2 Å². The molecule has 2 rings (SSSR count). The Morgan fingerprint density at radius 2 is 2.30 bits per heavy atom. The van der Waals surface area contributed by atoms with Crippen molar-refractivity contribution in [1.29, 1.82) is 5.26 Å². The van der Waals surface area contributed by atoms with Gasteiger partial charge in [-0.15, -0.1) is 11.3 Å². The lowest BCUT2D eigenvalue weighted by molar-refractivity contribution is 0.244. The summed E-state index contributed by atoms with van der Waals surface area (Å²) in [5.74, 6) is 1.43. The summed E-state index contributed by atoms with van der Waals surface area (Å²) < 4.78 is 5.87. The van der Waals surface area contributed by atoms with E-state index in [4.69, 9.17) is 10.5 Å². The van der Waals surface area contributed by atoms with Gasteiger partial charge in [-0.25, -0.2) is 0 Å². The molecule has 1 saturated heterocycles. The van der Waals surface area contributed by atoms with Gasteiger partial charge in [0.05, 0.1) is 6.10 Å². The molecule has 0 aliphatic carbocycles. The van der Waals surface area contributed by atoms with Crippen LogP contribution in [0.4, 0.5) is 10.7 Å². The Hall–Kier alpha value is -1.41. The molecule has 0 radical (unpaired) electrons. The number of nitrogens with zero attached hydrogens (tertiary/aromatic N) is 2.